The zero-order chi connectivity index (χ0) is 10.7. The third-order valence-electron chi connectivity index (χ3n) is 0.556. The average molecular weight is 268 g/mol. The Hall–Kier alpha value is -0.466. The minimum atomic E-state index is -0.0833. The molecule has 0 saturated carbocycles. The van der Waals surface area contributed by atoms with Crippen molar-refractivity contribution in [3.8, 4) is 0 Å². The van der Waals surface area contributed by atoms with E-state index in [1.54, 1.807) is 0 Å². The van der Waals surface area contributed by atoms with Gasteiger partial charge in [-0.25, -0.2) is 12.1 Å². The number of allylic oxidation sites excluding steroid dienone is 2. The van der Waals surface area contributed by atoms with Crippen molar-refractivity contribution in [1.29, 1.82) is 0 Å². The van der Waals surface area contributed by atoms with Gasteiger partial charge in [0.25, 0.3) is 0 Å². The van der Waals surface area contributed by atoms with E-state index >= 15 is 0 Å². The van der Waals surface area contributed by atoms with Crippen LogP contribution in [0, 0.1) is 0 Å². The molecule has 0 spiro atoms. The topological polar surface area (TPSA) is 46.1 Å². The van der Waals surface area contributed by atoms with Crippen LogP contribution >= 0.6 is 0 Å². The van der Waals surface area contributed by atoms with E-state index in [0.29, 0.717) is 0 Å². The monoisotopic (exact) mass is 268 g/mol. The molecule has 0 aromatic heterocycles. The van der Waals surface area contributed by atoms with Gasteiger partial charge in [0.2, 0.25) is 0 Å². The van der Waals surface area contributed by atoms with Crippen LogP contribution in [-0.2, 0) is 32.7 Å². The van der Waals surface area contributed by atoms with Gasteiger partial charge < -0.3 is 10.2 Å². The van der Waals surface area contributed by atoms with Crippen LogP contribution in [0.4, 0.5) is 0 Å². The van der Waals surface area contributed by atoms with Crippen molar-refractivity contribution in [3.05, 3.63) is 55.0 Å². The summed E-state index contributed by atoms with van der Waals surface area (Å²) in [5.41, 5.74) is 0. The van der Waals surface area contributed by atoms with Crippen molar-refractivity contribution in [2.75, 3.05) is 0 Å². The second-order valence-electron chi connectivity index (χ2n) is 2.37. The van der Waals surface area contributed by atoms with E-state index in [1.165, 1.54) is 13.8 Å². The number of rotatable bonds is 0. The maximum absolute atomic E-state index is 9.33. The van der Waals surface area contributed by atoms with Crippen molar-refractivity contribution >= 4 is 0 Å². The zero-order valence-corrected chi connectivity index (χ0v) is 11.5. The summed E-state index contributed by atoms with van der Waals surface area (Å²) in [5.74, 6) is -0.167. The van der Waals surface area contributed by atoms with Crippen LogP contribution in [-0.4, -0.2) is 0 Å². The van der Waals surface area contributed by atoms with E-state index in [9.17, 15) is 10.2 Å². The second-order valence-corrected chi connectivity index (χ2v) is 2.37. The van der Waals surface area contributed by atoms with Gasteiger partial charge in [-0.15, -0.1) is 24.7 Å². The van der Waals surface area contributed by atoms with E-state index < -0.39 is 0 Å². The van der Waals surface area contributed by atoms with Crippen LogP contribution in [0.2, 0.25) is 0 Å². The molecule has 0 amide bonds. The van der Waals surface area contributed by atoms with E-state index in [2.05, 4.69) is 13.2 Å². The third-order valence-corrected chi connectivity index (χ3v) is 0.556. The Morgan fingerprint density at radius 3 is 1.29 bits per heavy atom. The van der Waals surface area contributed by atoms with Gasteiger partial charge in [-0.1, -0.05) is 13.8 Å². The molecule has 0 aliphatic carbocycles. The molecule has 74 valence electrons. The molecule has 1 rings (SSSR count). The largest absolute Gasteiger partial charge is 3.00 e. The Labute approximate surface area is 111 Å². The fourth-order valence-corrected chi connectivity index (χ4v) is 0.321. The average Bonchev–Trinajstić information content (AvgIpc) is 2.35. The summed E-state index contributed by atoms with van der Waals surface area (Å²) in [5, 5.41) is 18.7. The number of hydrogen-bond donors (Lipinski definition) is 0. The van der Waals surface area contributed by atoms with Gasteiger partial charge in [-0.3, -0.25) is 0 Å². The summed E-state index contributed by atoms with van der Waals surface area (Å²) in [7, 11) is 0. The van der Waals surface area contributed by atoms with Crippen molar-refractivity contribution in [1.82, 2.24) is 0 Å². The smallest absolute Gasteiger partial charge is 0.876 e. The van der Waals surface area contributed by atoms with E-state index in [4.69, 9.17) is 0 Å². The van der Waals surface area contributed by atoms with E-state index in [0.717, 1.165) is 0 Å². The van der Waals surface area contributed by atoms with Crippen molar-refractivity contribution < 1.29 is 42.9 Å². The van der Waals surface area contributed by atoms with Crippen LogP contribution in [0.15, 0.2) is 55.0 Å². The molecule has 0 heterocycles. The second kappa shape index (κ2) is 15.0. The number of hydrogen-bond acceptors (Lipinski definition) is 2. The van der Waals surface area contributed by atoms with Crippen LogP contribution in [0.5, 0.6) is 0 Å². The summed E-state index contributed by atoms with van der Waals surface area (Å²) in [6.45, 7) is 8.83. The first-order chi connectivity index (χ1) is 5.96. The van der Waals surface area contributed by atoms with E-state index in [1.807, 2.05) is 30.3 Å². The summed E-state index contributed by atoms with van der Waals surface area (Å²) in [6.07, 6.45) is 0. The van der Waals surface area contributed by atoms with Gasteiger partial charge in [0, 0.05) is 0 Å². The minimum Gasteiger partial charge on any atom is -0.876 e. The molecule has 0 saturated heterocycles. The van der Waals surface area contributed by atoms with Gasteiger partial charge >= 0.3 is 32.7 Å². The molecule has 3 heteroatoms. The maximum atomic E-state index is 9.33. The molecule has 2 nitrogen and oxygen atoms in total. The Kier molecular flexibility index (Phi) is 20.6. The van der Waals surface area contributed by atoms with Crippen molar-refractivity contribution in [3.63, 3.8) is 0 Å². The molecule has 1 aromatic carbocycles. The van der Waals surface area contributed by atoms with Crippen LogP contribution in [0.25, 0.3) is 0 Å². The maximum Gasteiger partial charge on any atom is 3.00 e. The molecule has 0 atom stereocenters. The van der Waals surface area contributed by atoms with Gasteiger partial charge in [0.05, 0.1) is 0 Å². The Morgan fingerprint density at radius 2 is 1.21 bits per heavy atom. The van der Waals surface area contributed by atoms with Gasteiger partial charge in [-0.05, 0) is 0 Å². The van der Waals surface area contributed by atoms with Gasteiger partial charge in [-0.2, -0.15) is 18.2 Å². The fourth-order valence-electron chi connectivity index (χ4n) is 0.321. The Morgan fingerprint density at radius 1 is 1.00 bits per heavy atom. The molecule has 0 bridgehead atoms. The first-order valence-electron chi connectivity index (χ1n) is 3.78. The molecule has 14 heavy (non-hydrogen) atoms. The van der Waals surface area contributed by atoms with Crippen LogP contribution < -0.4 is 10.2 Å². The summed E-state index contributed by atoms with van der Waals surface area (Å²) < 4.78 is 0. The first-order valence-corrected chi connectivity index (χ1v) is 3.78. The van der Waals surface area contributed by atoms with Gasteiger partial charge in [0.15, 0.2) is 0 Å². The quantitative estimate of drug-likeness (QED) is 0.523. The Bertz CT molecular complexity index is 178. The molecule has 0 aliphatic heterocycles. The summed E-state index contributed by atoms with van der Waals surface area (Å²) in [4.78, 5) is 0. The molecule has 0 N–H and O–H groups in total. The molecule has 0 unspecified atom stereocenters. The van der Waals surface area contributed by atoms with Crippen LogP contribution in [0.1, 0.15) is 13.8 Å². The zero-order valence-electron chi connectivity index (χ0n) is 8.69. The van der Waals surface area contributed by atoms with Gasteiger partial charge in [0.1, 0.15) is 0 Å². The SMILES string of the molecule is C=C(C)[O-].C=C(C)[O-].[Y+3].c1cc[cH-]c1. The van der Waals surface area contributed by atoms with E-state index in [-0.39, 0.29) is 44.2 Å². The molecular formula is C11H15O2Y. The summed E-state index contributed by atoms with van der Waals surface area (Å²) >= 11 is 0. The first kappa shape index (κ1) is 19.2. The molecule has 0 radical (unpaired) electrons. The molecule has 1 aromatic rings. The predicted molar refractivity (Wildman–Crippen MR) is 51.7 cm³/mol. The normalized spacial score (nSPS) is 6.43. The minimum absolute atomic E-state index is 0. The fraction of sp³-hybridized carbons (Fsp3) is 0.182. The standard InChI is InChI=1S/C5H5.2C3H6O.Y/c1-2-4-5-3-1;2*1-3(2)4;/h1-5H;2*4H,1H2,2H3;/q-1;;;+3/p-2. The molecule has 0 fully saturated rings. The summed E-state index contributed by atoms with van der Waals surface area (Å²) in [6, 6.07) is 10.0. The molecule has 0 aliphatic rings. The third kappa shape index (κ3) is 62.3. The van der Waals surface area contributed by atoms with Crippen LogP contribution in [0.3, 0.4) is 0 Å². The molecular weight excluding hydrogens is 253 g/mol. The van der Waals surface area contributed by atoms with Crippen molar-refractivity contribution in [2.45, 2.75) is 13.8 Å². The predicted octanol–water partition coefficient (Wildman–Crippen LogP) is 1.16. The Balaban J connectivity index is -0.000000127. The van der Waals surface area contributed by atoms with Crippen molar-refractivity contribution in [2.24, 2.45) is 0 Å².